The second kappa shape index (κ2) is 6.88. The lowest BCUT2D eigenvalue weighted by Crippen LogP contribution is -1.98. The van der Waals surface area contributed by atoms with Gasteiger partial charge in [-0.15, -0.1) is 10.2 Å². The van der Waals surface area contributed by atoms with Gasteiger partial charge in [0.2, 0.25) is 0 Å². The minimum atomic E-state index is 0.553. The fraction of sp³-hybridized carbons (Fsp3) is 0.120. The minimum absolute atomic E-state index is 0.553. The van der Waals surface area contributed by atoms with Gasteiger partial charge in [0, 0.05) is 22.9 Å². The Bertz CT molecular complexity index is 1480. The minimum Gasteiger partial charge on any atom is -0.383 e. The van der Waals surface area contributed by atoms with Crippen molar-refractivity contribution in [1.82, 2.24) is 24.9 Å². The molecule has 0 atom stereocenters. The Labute approximate surface area is 184 Å². The summed E-state index contributed by atoms with van der Waals surface area (Å²) in [6.45, 7) is 4.58. The largest absolute Gasteiger partial charge is 0.383 e. The average molecular weight is 420 g/mol. The van der Waals surface area contributed by atoms with Crippen LogP contribution in [0.1, 0.15) is 16.9 Å². The van der Waals surface area contributed by atoms with Crippen LogP contribution in [-0.4, -0.2) is 24.9 Å². The van der Waals surface area contributed by atoms with Gasteiger partial charge < -0.3 is 14.8 Å². The molecule has 156 valence electrons. The number of rotatable bonds is 3. The number of benzene rings is 2. The van der Waals surface area contributed by atoms with Crippen molar-refractivity contribution in [2.45, 2.75) is 20.4 Å². The number of anilines is 1. The molecule has 0 saturated heterocycles. The fourth-order valence-electron chi connectivity index (χ4n) is 4.28. The number of fused-ring (bicyclic) bond motifs is 3. The highest BCUT2D eigenvalue weighted by atomic mass is 16.5. The van der Waals surface area contributed by atoms with Crippen LogP contribution in [-0.2, 0) is 6.54 Å². The van der Waals surface area contributed by atoms with E-state index in [1.54, 1.807) is 0 Å². The maximum Gasteiger partial charge on any atom is 0.170 e. The van der Waals surface area contributed by atoms with Gasteiger partial charge in [-0.2, -0.15) is 0 Å². The van der Waals surface area contributed by atoms with Crippen LogP contribution in [0.2, 0.25) is 0 Å². The van der Waals surface area contributed by atoms with Crippen LogP contribution in [0.25, 0.3) is 45.2 Å². The molecule has 7 nitrogen and oxygen atoms in total. The summed E-state index contributed by atoms with van der Waals surface area (Å²) in [5.74, 6) is 2.88. The molecule has 0 amide bonds. The van der Waals surface area contributed by atoms with Crippen molar-refractivity contribution < 1.29 is 4.52 Å². The molecule has 0 aliphatic carbocycles. The Morgan fingerprint density at radius 2 is 1.72 bits per heavy atom. The molecule has 3 aromatic heterocycles. The summed E-state index contributed by atoms with van der Waals surface area (Å²) in [5, 5.41) is 13.4. The van der Waals surface area contributed by atoms with Gasteiger partial charge in [0.15, 0.2) is 11.6 Å². The molecule has 0 saturated carbocycles. The first-order valence-electron chi connectivity index (χ1n) is 10.4. The quantitative estimate of drug-likeness (QED) is 0.438. The molecule has 0 radical (unpaired) electrons. The van der Waals surface area contributed by atoms with E-state index in [9.17, 15) is 0 Å². The van der Waals surface area contributed by atoms with Crippen LogP contribution >= 0.6 is 0 Å². The summed E-state index contributed by atoms with van der Waals surface area (Å²) in [6.07, 6.45) is 1.81. The van der Waals surface area contributed by atoms with Crippen molar-refractivity contribution in [3.63, 3.8) is 0 Å². The maximum atomic E-state index is 5.89. The second-order valence-corrected chi connectivity index (χ2v) is 8.06. The van der Waals surface area contributed by atoms with Gasteiger partial charge >= 0.3 is 0 Å². The fourth-order valence-corrected chi connectivity index (χ4v) is 4.28. The molecule has 1 aliphatic rings. The zero-order valence-corrected chi connectivity index (χ0v) is 17.7. The molecule has 4 heterocycles. The second-order valence-electron chi connectivity index (χ2n) is 8.06. The van der Waals surface area contributed by atoms with Crippen LogP contribution in [0.15, 0.2) is 65.3 Å². The lowest BCUT2D eigenvalue weighted by Gasteiger charge is -2.06. The maximum absolute atomic E-state index is 5.89. The van der Waals surface area contributed by atoms with Gasteiger partial charge in [-0.05, 0) is 42.7 Å². The molecule has 2 N–H and O–H groups in total. The summed E-state index contributed by atoms with van der Waals surface area (Å²) in [6, 6.07) is 18.5. The third-order valence-corrected chi connectivity index (χ3v) is 6.02. The number of hydrogen-bond acceptors (Lipinski definition) is 6. The van der Waals surface area contributed by atoms with E-state index < -0.39 is 0 Å². The first-order chi connectivity index (χ1) is 15.6. The Kier molecular flexibility index (Phi) is 3.98. The molecule has 1 aliphatic heterocycles. The van der Waals surface area contributed by atoms with E-state index in [2.05, 4.69) is 49.2 Å². The monoisotopic (exact) mass is 420 g/mol. The Morgan fingerprint density at radius 1 is 0.906 bits per heavy atom. The highest BCUT2D eigenvalue weighted by molar-refractivity contribution is 5.82. The summed E-state index contributed by atoms with van der Waals surface area (Å²) in [5.41, 5.74) is 13.9. The van der Waals surface area contributed by atoms with Crippen LogP contribution in [0.5, 0.6) is 0 Å². The van der Waals surface area contributed by atoms with Crippen molar-refractivity contribution >= 4 is 5.82 Å². The Morgan fingerprint density at radius 3 is 2.53 bits per heavy atom. The predicted molar refractivity (Wildman–Crippen MR) is 123 cm³/mol. The van der Waals surface area contributed by atoms with E-state index in [1.807, 2.05) is 50.4 Å². The molecular weight excluding hydrogens is 400 g/mol. The van der Waals surface area contributed by atoms with Crippen LogP contribution in [0, 0.1) is 13.8 Å². The zero-order chi connectivity index (χ0) is 21.8. The molecule has 0 bridgehead atoms. The van der Waals surface area contributed by atoms with Gasteiger partial charge in [0.05, 0.1) is 12.1 Å². The SMILES string of the molecule is Cc1cc(-c2ccc3c(c2)-c2nnc(-c4c(-c5ccccc5)noc4C)n2C3)cnc1N. The molecular formula is C25H20N6O. The standard InChI is InChI=1S/C25H20N6O/c1-14-10-19(12-27-23(14)26)17-8-9-18-13-31-24(20(18)11-17)28-29-25(31)21-15(2)32-30-22(21)16-6-4-3-5-7-16/h3-12H,13H2,1-2H3,(H2,26,27). The summed E-state index contributed by atoms with van der Waals surface area (Å²) in [7, 11) is 0. The number of aromatic nitrogens is 5. The van der Waals surface area contributed by atoms with Crippen molar-refractivity contribution in [3.05, 3.63) is 77.7 Å². The Balaban J connectivity index is 1.45. The van der Waals surface area contributed by atoms with E-state index >= 15 is 0 Å². The topological polar surface area (TPSA) is 95.6 Å². The lowest BCUT2D eigenvalue weighted by atomic mass is 10.0. The summed E-state index contributed by atoms with van der Waals surface area (Å²) < 4.78 is 7.69. The van der Waals surface area contributed by atoms with Crippen molar-refractivity contribution in [2.24, 2.45) is 0 Å². The normalized spacial score (nSPS) is 12.1. The van der Waals surface area contributed by atoms with E-state index in [1.165, 1.54) is 5.56 Å². The summed E-state index contributed by atoms with van der Waals surface area (Å²) in [4.78, 5) is 4.31. The van der Waals surface area contributed by atoms with E-state index in [0.29, 0.717) is 12.4 Å². The number of nitrogens with zero attached hydrogens (tertiary/aromatic N) is 5. The van der Waals surface area contributed by atoms with Crippen molar-refractivity contribution in [3.8, 4) is 45.2 Å². The number of pyridine rings is 1. The van der Waals surface area contributed by atoms with E-state index in [0.717, 1.165) is 56.5 Å². The first-order valence-corrected chi connectivity index (χ1v) is 10.4. The highest BCUT2D eigenvalue weighted by Gasteiger charge is 2.29. The van der Waals surface area contributed by atoms with Crippen molar-refractivity contribution in [1.29, 1.82) is 0 Å². The van der Waals surface area contributed by atoms with Gasteiger partial charge in [-0.1, -0.05) is 47.6 Å². The van der Waals surface area contributed by atoms with Gasteiger partial charge in [-0.25, -0.2) is 4.98 Å². The number of hydrogen-bond donors (Lipinski definition) is 1. The molecule has 6 rings (SSSR count). The molecule has 32 heavy (non-hydrogen) atoms. The average Bonchev–Trinajstić information content (AvgIpc) is 3.49. The molecule has 0 unspecified atom stereocenters. The van der Waals surface area contributed by atoms with Gasteiger partial charge in [0.1, 0.15) is 17.3 Å². The Hall–Kier alpha value is -4.26. The molecule has 5 aromatic rings. The predicted octanol–water partition coefficient (Wildman–Crippen LogP) is 4.89. The van der Waals surface area contributed by atoms with Crippen LogP contribution in [0.4, 0.5) is 5.82 Å². The third kappa shape index (κ3) is 2.75. The highest BCUT2D eigenvalue weighted by Crippen LogP contribution is 2.40. The molecule has 0 spiro atoms. The van der Waals surface area contributed by atoms with Crippen LogP contribution < -0.4 is 5.73 Å². The first kappa shape index (κ1) is 18.5. The molecule has 0 fully saturated rings. The smallest absolute Gasteiger partial charge is 0.170 e. The molecule has 7 heteroatoms. The zero-order valence-electron chi connectivity index (χ0n) is 17.7. The van der Waals surface area contributed by atoms with Gasteiger partial charge in [-0.3, -0.25) is 0 Å². The summed E-state index contributed by atoms with van der Waals surface area (Å²) >= 11 is 0. The number of aryl methyl sites for hydroxylation is 2. The third-order valence-electron chi connectivity index (χ3n) is 6.02. The molecule has 2 aromatic carbocycles. The van der Waals surface area contributed by atoms with Crippen LogP contribution in [0.3, 0.4) is 0 Å². The number of nitrogen functional groups attached to an aromatic ring is 1. The van der Waals surface area contributed by atoms with E-state index in [-0.39, 0.29) is 0 Å². The lowest BCUT2D eigenvalue weighted by molar-refractivity contribution is 0.400. The van der Waals surface area contributed by atoms with E-state index in [4.69, 9.17) is 10.3 Å². The van der Waals surface area contributed by atoms with Crippen molar-refractivity contribution in [2.75, 3.05) is 5.73 Å². The van der Waals surface area contributed by atoms with Gasteiger partial charge in [0.25, 0.3) is 0 Å². The number of nitrogens with two attached hydrogens (primary N) is 1.